The van der Waals surface area contributed by atoms with Crippen LogP contribution in [0.25, 0.3) is 10.4 Å². The van der Waals surface area contributed by atoms with Crippen molar-refractivity contribution in [3.63, 3.8) is 0 Å². The van der Waals surface area contributed by atoms with Crippen molar-refractivity contribution in [1.29, 1.82) is 0 Å². The number of hydrogen-bond donors (Lipinski definition) is 0. The maximum absolute atomic E-state index is 13.8. The highest BCUT2D eigenvalue weighted by atomic mass is 35.5. The van der Waals surface area contributed by atoms with Crippen LogP contribution in [0.4, 0.5) is 4.39 Å². The lowest BCUT2D eigenvalue weighted by Crippen LogP contribution is -2.42. The lowest BCUT2D eigenvalue weighted by Gasteiger charge is -2.26. The van der Waals surface area contributed by atoms with E-state index in [1.54, 1.807) is 17.0 Å². The second-order valence-corrected chi connectivity index (χ2v) is 6.78. The van der Waals surface area contributed by atoms with Crippen molar-refractivity contribution >= 4 is 28.8 Å². The largest absolute Gasteiger partial charge is 0.484 e. The molecule has 1 aliphatic heterocycles. The zero-order valence-electron chi connectivity index (χ0n) is 12.3. The number of carbonyl (C=O) groups excluding carboxylic acids is 1. The fourth-order valence-electron chi connectivity index (χ4n) is 2.31. The van der Waals surface area contributed by atoms with Gasteiger partial charge in [-0.25, -0.2) is 4.39 Å². The van der Waals surface area contributed by atoms with Gasteiger partial charge < -0.3 is 14.4 Å². The highest BCUT2D eigenvalue weighted by molar-refractivity contribution is 7.19. The van der Waals surface area contributed by atoms with Gasteiger partial charge in [0.15, 0.2) is 6.61 Å². The van der Waals surface area contributed by atoms with Crippen molar-refractivity contribution in [2.75, 3.05) is 32.9 Å². The van der Waals surface area contributed by atoms with Crippen LogP contribution in [0.5, 0.6) is 5.75 Å². The third kappa shape index (κ3) is 4.22. The van der Waals surface area contributed by atoms with Crippen LogP contribution in [0.1, 0.15) is 0 Å². The van der Waals surface area contributed by atoms with E-state index >= 15 is 0 Å². The maximum Gasteiger partial charge on any atom is 0.260 e. The first-order chi connectivity index (χ1) is 11.1. The third-order valence-corrected chi connectivity index (χ3v) is 4.74. The molecule has 1 saturated heterocycles. The standard InChI is InChI=1S/C16H15ClFNO3S/c17-15-2-1-14(23-15)11-7-12(18)9-13(8-11)22-10-16(20)19-3-5-21-6-4-19/h1-2,7-9H,3-6,10H2. The van der Waals surface area contributed by atoms with Crippen molar-refractivity contribution < 1.29 is 18.7 Å². The highest BCUT2D eigenvalue weighted by Crippen LogP contribution is 2.33. The Labute approximate surface area is 142 Å². The average molecular weight is 356 g/mol. The molecule has 0 aliphatic carbocycles. The van der Waals surface area contributed by atoms with Crippen LogP contribution < -0.4 is 4.74 Å². The van der Waals surface area contributed by atoms with Crippen molar-refractivity contribution in [2.45, 2.75) is 0 Å². The Balaban J connectivity index is 1.68. The number of benzene rings is 1. The molecule has 0 saturated carbocycles. The van der Waals surface area contributed by atoms with Gasteiger partial charge in [0.1, 0.15) is 11.6 Å². The van der Waals surface area contributed by atoms with Crippen molar-refractivity contribution in [3.05, 3.63) is 40.5 Å². The molecule has 1 fully saturated rings. The smallest absolute Gasteiger partial charge is 0.260 e. The predicted octanol–water partition coefficient (Wildman–Crippen LogP) is 3.45. The minimum atomic E-state index is -0.416. The van der Waals surface area contributed by atoms with E-state index < -0.39 is 5.82 Å². The Kier molecular flexibility index (Phi) is 5.15. The molecule has 1 aromatic heterocycles. The van der Waals surface area contributed by atoms with Gasteiger partial charge in [0.05, 0.1) is 17.6 Å². The SMILES string of the molecule is O=C(COc1cc(F)cc(-c2ccc(Cl)s2)c1)N1CCOCC1. The van der Waals surface area contributed by atoms with Gasteiger partial charge in [0.25, 0.3) is 5.91 Å². The van der Waals surface area contributed by atoms with Crippen molar-refractivity contribution in [1.82, 2.24) is 4.90 Å². The Morgan fingerprint density at radius 3 is 2.78 bits per heavy atom. The Bertz CT molecular complexity index is 700. The molecule has 3 rings (SSSR count). The van der Waals surface area contributed by atoms with Crippen molar-refractivity contribution in [3.8, 4) is 16.2 Å². The van der Waals surface area contributed by atoms with Gasteiger partial charge in [0, 0.05) is 24.0 Å². The van der Waals surface area contributed by atoms with Crippen LogP contribution >= 0.6 is 22.9 Å². The Hall–Kier alpha value is -1.63. The molecule has 2 aromatic rings. The third-order valence-electron chi connectivity index (χ3n) is 3.46. The summed E-state index contributed by atoms with van der Waals surface area (Å²) in [4.78, 5) is 14.6. The first-order valence-corrected chi connectivity index (χ1v) is 8.36. The number of rotatable bonds is 4. The van der Waals surface area contributed by atoms with Crippen LogP contribution in [-0.4, -0.2) is 43.7 Å². The number of halogens is 2. The zero-order chi connectivity index (χ0) is 16.2. The quantitative estimate of drug-likeness (QED) is 0.843. The Morgan fingerprint density at radius 2 is 2.09 bits per heavy atom. The Morgan fingerprint density at radius 1 is 1.30 bits per heavy atom. The molecule has 0 bridgehead atoms. The van der Waals surface area contributed by atoms with Gasteiger partial charge in [0.2, 0.25) is 0 Å². The van der Waals surface area contributed by atoms with Gasteiger partial charge in [-0.05, 0) is 29.8 Å². The highest BCUT2D eigenvalue weighted by Gasteiger charge is 2.17. The molecule has 2 heterocycles. The van der Waals surface area contributed by atoms with Gasteiger partial charge >= 0.3 is 0 Å². The summed E-state index contributed by atoms with van der Waals surface area (Å²) < 4.78 is 25.1. The number of nitrogens with zero attached hydrogens (tertiary/aromatic N) is 1. The number of carbonyl (C=O) groups is 1. The summed E-state index contributed by atoms with van der Waals surface area (Å²) in [5.41, 5.74) is 0.677. The lowest BCUT2D eigenvalue weighted by atomic mass is 10.2. The summed E-state index contributed by atoms with van der Waals surface area (Å²) in [5, 5.41) is 0. The van der Waals surface area contributed by atoms with Crippen LogP contribution in [0.15, 0.2) is 30.3 Å². The number of thiophene rings is 1. The van der Waals surface area contributed by atoms with Crippen LogP contribution in [-0.2, 0) is 9.53 Å². The van der Waals surface area contributed by atoms with E-state index in [4.69, 9.17) is 21.1 Å². The van der Waals surface area contributed by atoms with Gasteiger partial charge in [-0.15, -0.1) is 11.3 Å². The van der Waals surface area contributed by atoms with E-state index in [9.17, 15) is 9.18 Å². The molecular formula is C16H15ClFNO3S. The summed E-state index contributed by atoms with van der Waals surface area (Å²) in [6.45, 7) is 2.08. The molecular weight excluding hydrogens is 341 g/mol. The first-order valence-electron chi connectivity index (χ1n) is 7.16. The monoisotopic (exact) mass is 355 g/mol. The summed E-state index contributed by atoms with van der Waals surface area (Å²) in [7, 11) is 0. The normalized spacial score (nSPS) is 14.8. The van der Waals surface area contributed by atoms with Crippen LogP contribution in [0.2, 0.25) is 4.34 Å². The molecule has 1 aliphatic rings. The van der Waals surface area contributed by atoms with E-state index in [0.717, 1.165) is 4.88 Å². The van der Waals surface area contributed by atoms with Gasteiger partial charge in [-0.3, -0.25) is 4.79 Å². The topological polar surface area (TPSA) is 38.8 Å². The predicted molar refractivity (Wildman–Crippen MR) is 87.6 cm³/mol. The fourth-order valence-corrected chi connectivity index (χ4v) is 3.34. The van der Waals surface area contributed by atoms with E-state index in [1.165, 1.54) is 23.5 Å². The number of amides is 1. The number of hydrogen-bond acceptors (Lipinski definition) is 4. The summed E-state index contributed by atoms with van der Waals surface area (Å²) in [6.07, 6.45) is 0. The average Bonchev–Trinajstić information content (AvgIpc) is 2.99. The fraction of sp³-hybridized carbons (Fsp3) is 0.312. The molecule has 0 spiro atoms. The second kappa shape index (κ2) is 7.29. The van der Waals surface area contributed by atoms with E-state index in [1.807, 2.05) is 6.07 Å². The minimum absolute atomic E-state index is 0.117. The molecule has 0 atom stereocenters. The lowest BCUT2D eigenvalue weighted by molar-refractivity contribution is -0.137. The van der Waals surface area contributed by atoms with E-state index in [0.29, 0.717) is 42.0 Å². The molecule has 7 heteroatoms. The maximum atomic E-state index is 13.8. The van der Waals surface area contributed by atoms with Crippen molar-refractivity contribution in [2.24, 2.45) is 0 Å². The molecule has 0 unspecified atom stereocenters. The van der Waals surface area contributed by atoms with E-state index in [2.05, 4.69) is 0 Å². The van der Waals surface area contributed by atoms with Crippen LogP contribution in [0, 0.1) is 5.82 Å². The summed E-state index contributed by atoms with van der Waals surface area (Å²) in [6, 6.07) is 7.97. The molecule has 1 aromatic carbocycles. The molecule has 0 N–H and O–H groups in total. The molecule has 1 amide bonds. The molecule has 122 valence electrons. The number of morpholine rings is 1. The zero-order valence-corrected chi connectivity index (χ0v) is 13.8. The van der Waals surface area contributed by atoms with Gasteiger partial charge in [-0.1, -0.05) is 11.6 Å². The van der Waals surface area contributed by atoms with Crippen LogP contribution in [0.3, 0.4) is 0 Å². The summed E-state index contributed by atoms with van der Waals surface area (Å²) in [5.74, 6) is -0.217. The van der Waals surface area contributed by atoms with E-state index in [-0.39, 0.29) is 12.5 Å². The number of ether oxygens (including phenoxy) is 2. The summed E-state index contributed by atoms with van der Waals surface area (Å²) >= 11 is 7.27. The minimum Gasteiger partial charge on any atom is -0.484 e. The second-order valence-electron chi connectivity index (χ2n) is 5.06. The molecule has 23 heavy (non-hydrogen) atoms. The first kappa shape index (κ1) is 16.2. The molecule has 4 nitrogen and oxygen atoms in total. The van der Waals surface area contributed by atoms with Gasteiger partial charge in [-0.2, -0.15) is 0 Å². The molecule has 0 radical (unpaired) electrons.